The lowest BCUT2D eigenvalue weighted by Crippen LogP contribution is -2.38. The highest BCUT2D eigenvalue weighted by molar-refractivity contribution is 7.18. The van der Waals surface area contributed by atoms with Gasteiger partial charge >= 0.3 is 5.97 Å². The number of unbranched alkanes of at least 4 members (excludes halogenated alkanes) is 1. The first-order valence-electron chi connectivity index (χ1n) is 13.2. The first-order chi connectivity index (χ1) is 18.3. The Labute approximate surface area is 228 Å². The van der Waals surface area contributed by atoms with Crippen molar-refractivity contribution in [2.45, 2.75) is 59.4 Å². The Kier molecular flexibility index (Phi) is 9.12. The van der Waals surface area contributed by atoms with Crippen LogP contribution in [0.15, 0.2) is 36.4 Å². The van der Waals surface area contributed by atoms with Crippen LogP contribution in [0.3, 0.4) is 0 Å². The molecule has 1 aliphatic heterocycles. The summed E-state index contributed by atoms with van der Waals surface area (Å²) in [5.74, 6) is -0.00753. The number of aryl methyl sites for hydroxylation is 3. The van der Waals surface area contributed by atoms with E-state index in [4.69, 9.17) is 4.74 Å². The number of carbonyl (C=O) groups is 2. The summed E-state index contributed by atoms with van der Waals surface area (Å²) in [5.41, 5.74) is 4.50. The van der Waals surface area contributed by atoms with Gasteiger partial charge in [0.05, 0.1) is 0 Å². The van der Waals surface area contributed by atoms with Gasteiger partial charge in [-0.15, -0.1) is 10.2 Å². The molecule has 0 spiro atoms. The van der Waals surface area contributed by atoms with Gasteiger partial charge in [0.1, 0.15) is 23.4 Å². The second kappa shape index (κ2) is 12.5. The summed E-state index contributed by atoms with van der Waals surface area (Å²) < 4.78 is 6.11. The number of ether oxygens (including phenoxy) is 1. The molecule has 3 aromatic rings. The van der Waals surface area contributed by atoms with Crippen LogP contribution in [0.1, 0.15) is 59.7 Å². The SMILES string of the molecule is CCCCN(C(=O)c1ccccc1C)c1nnc(-c2cc(C)c(OCCN3CCCC3C(=O)O)c(C)c2)s1. The summed E-state index contributed by atoms with van der Waals surface area (Å²) in [4.78, 5) is 28.6. The van der Waals surface area contributed by atoms with E-state index in [9.17, 15) is 14.7 Å². The zero-order valence-corrected chi connectivity index (χ0v) is 23.4. The lowest BCUT2D eigenvalue weighted by molar-refractivity contribution is -0.142. The van der Waals surface area contributed by atoms with E-state index in [0.29, 0.717) is 36.8 Å². The van der Waals surface area contributed by atoms with E-state index >= 15 is 0 Å². The Morgan fingerprint density at radius 2 is 1.87 bits per heavy atom. The smallest absolute Gasteiger partial charge is 0.320 e. The van der Waals surface area contributed by atoms with Gasteiger partial charge < -0.3 is 9.84 Å². The number of likely N-dealkylation sites (tertiary alicyclic amines) is 1. The molecule has 1 saturated heterocycles. The van der Waals surface area contributed by atoms with Gasteiger partial charge in [0.15, 0.2) is 0 Å². The third-order valence-corrected chi connectivity index (χ3v) is 7.98. The van der Waals surface area contributed by atoms with Crippen LogP contribution in [0.25, 0.3) is 10.6 Å². The van der Waals surface area contributed by atoms with Gasteiger partial charge in [-0.05, 0) is 81.5 Å². The zero-order chi connectivity index (χ0) is 27.2. The third-order valence-electron chi connectivity index (χ3n) is 6.98. The minimum Gasteiger partial charge on any atom is -0.492 e. The van der Waals surface area contributed by atoms with Crippen molar-refractivity contribution in [1.82, 2.24) is 15.1 Å². The molecule has 1 aromatic heterocycles. The molecule has 9 heteroatoms. The molecule has 0 saturated carbocycles. The van der Waals surface area contributed by atoms with Crippen molar-refractivity contribution in [2.75, 3.05) is 31.1 Å². The predicted octanol–water partition coefficient (Wildman–Crippen LogP) is 5.51. The van der Waals surface area contributed by atoms with E-state index in [1.165, 1.54) is 11.3 Å². The highest BCUT2D eigenvalue weighted by atomic mass is 32.1. The molecule has 1 atom stereocenters. The number of benzene rings is 2. The highest BCUT2D eigenvalue weighted by Crippen LogP contribution is 2.34. The number of amides is 1. The van der Waals surface area contributed by atoms with Crippen LogP contribution in [0.4, 0.5) is 5.13 Å². The van der Waals surface area contributed by atoms with E-state index in [0.717, 1.165) is 58.8 Å². The second-order valence-electron chi connectivity index (χ2n) is 9.83. The number of rotatable bonds is 11. The lowest BCUT2D eigenvalue weighted by atomic mass is 10.1. The number of anilines is 1. The van der Waals surface area contributed by atoms with Gasteiger partial charge in [0.2, 0.25) is 5.13 Å². The first kappa shape index (κ1) is 27.7. The molecule has 0 radical (unpaired) electrons. The molecule has 8 nitrogen and oxygen atoms in total. The number of nitrogens with zero attached hydrogens (tertiary/aromatic N) is 4. The van der Waals surface area contributed by atoms with Crippen molar-refractivity contribution < 1.29 is 19.4 Å². The van der Waals surface area contributed by atoms with Gasteiger partial charge in [0.25, 0.3) is 5.91 Å². The molecule has 0 aliphatic carbocycles. The van der Waals surface area contributed by atoms with Crippen LogP contribution < -0.4 is 9.64 Å². The third kappa shape index (κ3) is 6.22. The van der Waals surface area contributed by atoms with Gasteiger partial charge in [-0.2, -0.15) is 0 Å². The van der Waals surface area contributed by atoms with Crippen molar-refractivity contribution in [3.05, 3.63) is 58.7 Å². The molecule has 0 bridgehead atoms. The number of carboxylic acids is 1. The number of carboxylic acid groups (broad SMARTS) is 1. The Bertz CT molecular complexity index is 1270. The largest absolute Gasteiger partial charge is 0.492 e. The van der Waals surface area contributed by atoms with Crippen molar-refractivity contribution in [1.29, 1.82) is 0 Å². The van der Waals surface area contributed by atoms with Gasteiger partial charge in [-0.25, -0.2) is 0 Å². The molecule has 4 rings (SSSR count). The quantitative estimate of drug-likeness (QED) is 0.345. The highest BCUT2D eigenvalue weighted by Gasteiger charge is 2.30. The Hall–Kier alpha value is -3.30. The van der Waals surface area contributed by atoms with Crippen molar-refractivity contribution >= 4 is 28.3 Å². The number of aromatic nitrogens is 2. The Morgan fingerprint density at radius 3 is 2.55 bits per heavy atom. The molecular formula is C29H36N4O4S. The summed E-state index contributed by atoms with van der Waals surface area (Å²) in [7, 11) is 0. The number of aliphatic carboxylic acids is 1. The van der Waals surface area contributed by atoms with E-state index in [1.807, 2.05) is 62.1 Å². The van der Waals surface area contributed by atoms with Gasteiger partial charge in [-0.1, -0.05) is 42.9 Å². The van der Waals surface area contributed by atoms with Gasteiger partial charge in [-0.3, -0.25) is 19.4 Å². The second-order valence-corrected chi connectivity index (χ2v) is 10.8. The predicted molar refractivity (Wildman–Crippen MR) is 150 cm³/mol. The fourth-order valence-corrected chi connectivity index (χ4v) is 5.80. The van der Waals surface area contributed by atoms with Gasteiger partial charge in [0, 0.05) is 24.2 Å². The summed E-state index contributed by atoms with van der Waals surface area (Å²) in [6.07, 6.45) is 3.44. The minimum absolute atomic E-state index is 0.0569. The lowest BCUT2D eigenvalue weighted by Gasteiger charge is -2.22. The molecule has 2 aromatic carbocycles. The fraction of sp³-hybridized carbons (Fsp3) is 0.448. The molecule has 1 fully saturated rings. The summed E-state index contributed by atoms with van der Waals surface area (Å²) in [6.45, 7) is 10.4. The maximum atomic E-state index is 13.4. The van der Waals surface area contributed by atoms with Crippen LogP contribution in [-0.2, 0) is 4.79 Å². The summed E-state index contributed by atoms with van der Waals surface area (Å²) in [6, 6.07) is 11.3. The maximum Gasteiger partial charge on any atom is 0.320 e. The van der Waals surface area contributed by atoms with E-state index in [-0.39, 0.29) is 5.91 Å². The Morgan fingerprint density at radius 1 is 1.13 bits per heavy atom. The molecule has 202 valence electrons. The Balaban J connectivity index is 1.49. The standard InChI is InChI=1S/C29H36N4O4S/c1-5-6-14-33(27(34)23-11-8-7-10-19(23)2)29-31-30-26(38-29)22-17-20(3)25(21(4)18-22)37-16-15-32-13-9-12-24(32)28(35)36/h7-8,10-11,17-18,24H,5-6,9,12-16H2,1-4H3,(H,35,36). The molecular weight excluding hydrogens is 500 g/mol. The van der Waals surface area contributed by atoms with Crippen molar-refractivity contribution in [3.63, 3.8) is 0 Å². The normalized spacial score (nSPS) is 15.5. The molecule has 1 N–H and O–H groups in total. The zero-order valence-electron chi connectivity index (χ0n) is 22.6. The van der Waals surface area contributed by atoms with E-state index in [2.05, 4.69) is 17.1 Å². The number of hydrogen-bond acceptors (Lipinski definition) is 7. The maximum absolute atomic E-state index is 13.4. The molecule has 1 unspecified atom stereocenters. The van der Waals surface area contributed by atoms with Crippen LogP contribution >= 0.6 is 11.3 Å². The van der Waals surface area contributed by atoms with E-state index in [1.54, 1.807) is 4.90 Å². The topological polar surface area (TPSA) is 95.9 Å². The van der Waals surface area contributed by atoms with Crippen LogP contribution in [0, 0.1) is 20.8 Å². The summed E-state index contributed by atoms with van der Waals surface area (Å²) >= 11 is 1.41. The molecule has 1 aliphatic rings. The first-order valence-corrected chi connectivity index (χ1v) is 14.0. The van der Waals surface area contributed by atoms with Crippen molar-refractivity contribution in [3.8, 4) is 16.3 Å². The minimum atomic E-state index is -0.760. The monoisotopic (exact) mass is 536 g/mol. The summed E-state index contributed by atoms with van der Waals surface area (Å²) in [5, 5.41) is 19.6. The van der Waals surface area contributed by atoms with Crippen molar-refractivity contribution in [2.24, 2.45) is 0 Å². The molecule has 38 heavy (non-hydrogen) atoms. The van der Waals surface area contributed by atoms with E-state index < -0.39 is 12.0 Å². The molecule has 1 amide bonds. The number of hydrogen-bond donors (Lipinski definition) is 1. The van der Waals surface area contributed by atoms with Crippen LogP contribution in [0.2, 0.25) is 0 Å². The van der Waals surface area contributed by atoms with Crippen LogP contribution in [-0.4, -0.2) is 64.4 Å². The van der Waals surface area contributed by atoms with Crippen LogP contribution in [0.5, 0.6) is 5.75 Å². The average Bonchev–Trinajstić information content (AvgIpc) is 3.56. The average molecular weight is 537 g/mol. The molecule has 2 heterocycles. The number of carbonyl (C=O) groups excluding carboxylic acids is 1. The fourth-order valence-electron chi connectivity index (χ4n) is 4.94.